The van der Waals surface area contributed by atoms with Crippen LogP contribution in [0.15, 0.2) is 0 Å². The Morgan fingerprint density at radius 2 is 2.29 bits per heavy atom. The lowest BCUT2D eigenvalue weighted by molar-refractivity contribution is -0.118. The molecule has 1 aromatic rings. The maximum absolute atomic E-state index is 11.7. The Labute approximate surface area is 82.3 Å². The van der Waals surface area contributed by atoms with Gasteiger partial charge in [-0.05, 0) is 20.3 Å². The number of nitrogens with two attached hydrogens (primary N) is 1. The van der Waals surface area contributed by atoms with E-state index in [1.165, 1.54) is 0 Å². The van der Waals surface area contributed by atoms with Crippen molar-refractivity contribution in [3.8, 4) is 0 Å². The minimum atomic E-state index is -0.344. The zero-order valence-electron chi connectivity index (χ0n) is 8.37. The number of nitrogens with one attached hydrogen (secondary N) is 1. The quantitative estimate of drug-likeness (QED) is 0.665. The van der Waals surface area contributed by atoms with Crippen LogP contribution in [0.1, 0.15) is 17.8 Å². The van der Waals surface area contributed by atoms with Crippen molar-refractivity contribution in [2.45, 2.75) is 26.3 Å². The number of rotatable bonds is 1. The third-order valence-electron chi connectivity index (χ3n) is 2.61. The smallest absolute Gasteiger partial charge is 0.244 e. The molecule has 1 amide bonds. The summed E-state index contributed by atoms with van der Waals surface area (Å²) in [5.41, 5.74) is 8.32. The first kappa shape index (κ1) is 9.21. The fourth-order valence-corrected chi connectivity index (χ4v) is 1.87. The molecule has 0 spiro atoms. The Morgan fingerprint density at radius 3 is 2.71 bits per heavy atom. The Kier molecular flexibility index (Phi) is 2.03. The average Bonchev–Trinajstić information content (AvgIpc) is 2.62. The number of carbonyl (C=O) groups excluding carboxylic acids is 1. The van der Waals surface area contributed by atoms with Gasteiger partial charge in [0.05, 0.1) is 23.1 Å². The van der Waals surface area contributed by atoms with E-state index in [1.807, 2.05) is 13.8 Å². The van der Waals surface area contributed by atoms with Gasteiger partial charge in [0, 0.05) is 6.54 Å². The van der Waals surface area contributed by atoms with E-state index in [9.17, 15) is 4.79 Å². The molecule has 2 heterocycles. The van der Waals surface area contributed by atoms with Crippen molar-refractivity contribution in [3.05, 3.63) is 11.4 Å². The molecule has 1 aliphatic heterocycles. The highest BCUT2D eigenvalue weighted by Crippen LogP contribution is 2.26. The molecule has 5 heteroatoms. The van der Waals surface area contributed by atoms with Crippen molar-refractivity contribution in [2.75, 3.05) is 11.4 Å². The number of aromatic nitrogens is 2. The Balaban J connectivity index is 2.36. The molecule has 0 radical (unpaired) electrons. The summed E-state index contributed by atoms with van der Waals surface area (Å²) in [5, 5.41) is 6.92. The number of nitrogens with zero attached hydrogens (tertiary/aromatic N) is 2. The molecule has 1 aliphatic rings. The van der Waals surface area contributed by atoms with Crippen LogP contribution in [0.25, 0.3) is 0 Å². The number of aromatic amines is 1. The van der Waals surface area contributed by atoms with E-state index in [0.717, 1.165) is 23.5 Å². The molecule has 0 aliphatic carbocycles. The summed E-state index contributed by atoms with van der Waals surface area (Å²) in [6, 6.07) is -0.344. The highest BCUT2D eigenvalue weighted by atomic mass is 16.2. The van der Waals surface area contributed by atoms with Gasteiger partial charge in [0.25, 0.3) is 0 Å². The van der Waals surface area contributed by atoms with Gasteiger partial charge in [-0.2, -0.15) is 5.10 Å². The average molecular weight is 194 g/mol. The number of anilines is 1. The molecule has 0 aromatic carbocycles. The van der Waals surface area contributed by atoms with E-state index in [2.05, 4.69) is 10.2 Å². The maximum Gasteiger partial charge on any atom is 0.244 e. The highest BCUT2D eigenvalue weighted by molar-refractivity contribution is 6.00. The van der Waals surface area contributed by atoms with Gasteiger partial charge in [-0.3, -0.25) is 9.89 Å². The zero-order chi connectivity index (χ0) is 10.3. The van der Waals surface area contributed by atoms with E-state index in [-0.39, 0.29) is 11.9 Å². The summed E-state index contributed by atoms with van der Waals surface area (Å²) in [4.78, 5) is 13.4. The lowest BCUT2D eigenvalue weighted by Crippen LogP contribution is -2.34. The van der Waals surface area contributed by atoms with E-state index in [1.54, 1.807) is 4.90 Å². The first-order valence-electron chi connectivity index (χ1n) is 4.70. The van der Waals surface area contributed by atoms with Crippen molar-refractivity contribution in [3.63, 3.8) is 0 Å². The van der Waals surface area contributed by atoms with Gasteiger partial charge < -0.3 is 10.6 Å². The monoisotopic (exact) mass is 194 g/mol. The molecule has 1 saturated heterocycles. The molecule has 1 fully saturated rings. The molecule has 0 bridgehead atoms. The number of H-pyrrole nitrogens is 1. The number of aryl methyl sites for hydroxylation is 2. The Hall–Kier alpha value is -1.36. The lowest BCUT2D eigenvalue weighted by Gasteiger charge is -2.15. The molecule has 5 nitrogen and oxygen atoms in total. The van der Waals surface area contributed by atoms with Crippen LogP contribution >= 0.6 is 0 Å². The zero-order valence-corrected chi connectivity index (χ0v) is 8.37. The fourth-order valence-electron chi connectivity index (χ4n) is 1.87. The molecule has 1 unspecified atom stereocenters. The van der Waals surface area contributed by atoms with Crippen molar-refractivity contribution in [2.24, 2.45) is 5.73 Å². The first-order chi connectivity index (χ1) is 6.61. The first-order valence-corrected chi connectivity index (χ1v) is 4.70. The van der Waals surface area contributed by atoms with Gasteiger partial charge in [-0.15, -0.1) is 0 Å². The van der Waals surface area contributed by atoms with Crippen LogP contribution in [0.2, 0.25) is 0 Å². The summed E-state index contributed by atoms with van der Waals surface area (Å²) >= 11 is 0. The second kappa shape index (κ2) is 3.09. The van der Waals surface area contributed by atoms with E-state index < -0.39 is 0 Å². The topological polar surface area (TPSA) is 75.0 Å². The number of carbonyl (C=O) groups is 1. The summed E-state index contributed by atoms with van der Waals surface area (Å²) in [7, 11) is 0. The van der Waals surface area contributed by atoms with Crippen molar-refractivity contribution in [1.29, 1.82) is 0 Å². The van der Waals surface area contributed by atoms with Gasteiger partial charge in [0.1, 0.15) is 0 Å². The molecule has 0 saturated carbocycles. The second-order valence-electron chi connectivity index (χ2n) is 3.67. The predicted octanol–water partition coefficient (Wildman–Crippen LogP) is 0.0905. The Morgan fingerprint density at radius 1 is 1.57 bits per heavy atom. The predicted molar refractivity (Wildman–Crippen MR) is 53.0 cm³/mol. The van der Waals surface area contributed by atoms with Crippen LogP contribution in [0.5, 0.6) is 0 Å². The highest BCUT2D eigenvalue weighted by Gasteiger charge is 2.32. The van der Waals surface area contributed by atoms with Gasteiger partial charge in [0.2, 0.25) is 5.91 Å². The van der Waals surface area contributed by atoms with Crippen molar-refractivity contribution < 1.29 is 4.79 Å². The summed E-state index contributed by atoms with van der Waals surface area (Å²) in [6.45, 7) is 4.49. The normalized spacial score (nSPS) is 22.1. The van der Waals surface area contributed by atoms with Crippen LogP contribution in [0.4, 0.5) is 5.69 Å². The van der Waals surface area contributed by atoms with Crippen molar-refractivity contribution in [1.82, 2.24) is 10.2 Å². The molecule has 1 aromatic heterocycles. The SMILES string of the molecule is Cc1n[nH]c(C)c1N1CCC(N)C1=O. The second-order valence-corrected chi connectivity index (χ2v) is 3.67. The van der Waals surface area contributed by atoms with Crippen molar-refractivity contribution >= 4 is 11.6 Å². The van der Waals surface area contributed by atoms with Crippen LogP contribution in [-0.4, -0.2) is 28.7 Å². The van der Waals surface area contributed by atoms with Gasteiger partial charge in [-0.1, -0.05) is 0 Å². The molecule has 2 rings (SSSR count). The van der Waals surface area contributed by atoms with Gasteiger partial charge >= 0.3 is 0 Å². The molecule has 3 N–H and O–H groups in total. The van der Waals surface area contributed by atoms with E-state index in [4.69, 9.17) is 5.73 Å². The van der Waals surface area contributed by atoms with Crippen LogP contribution in [0, 0.1) is 13.8 Å². The van der Waals surface area contributed by atoms with E-state index in [0.29, 0.717) is 6.54 Å². The summed E-state index contributed by atoms with van der Waals surface area (Å²) in [5.74, 6) is -0.00222. The van der Waals surface area contributed by atoms with Crippen LogP contribution in [0.3, 0.4) is 0 Å². The largest absolute Gasteiger partial charge is 0.320 e. The number of hydrogen-bond donors (Lipinski definition) is 2. The molecule has 76 valence electrons. The molecular weight excluding hydrogens is 180 g/mol. The molecule has 1 atom stereocenters. The summed E-state index contributed by atoms with van der Waals surface area (Å²) < 4.78 is 0. The lowest BCUT2D eigenvalue weighted by atomic mass is 10.3. The standard InChI is InChI=1S/C9H14N4O/c1-5-8(6(2)12-11-5)13-4-3-7(10)9(13)14/h7H,3-4,10H2,1-2H3,(H,11,12). The fraction of sp³-hybridized carbons (Fsp3) is 0.556. The Bertz CT molecular complexity index is 351. The van der Waals surface area contributed by atoms with Crippen LogP contribution < -0.4 is 10.6 Å². The number of amides is 1. The minimum Gasteiger partial charge on any atom is -0.320 e. The number of hydrogen-bond acceptors (Lipinski definition) is 3. The molecular formula is C9H14N4O. The maximum atomic E-state index is 11.7. The third kappa shape index (κ3) is 1.21. The van der Waals surface area contributed by atoms with Gasteiger partial charge in [-0.25, -0.2) is 0 Å². The third-order valence-corrected chi connectivity index (χ3v) is 2.61. The summed E-state index contributed by atoms with van der Waals surface area (Å²) in [6.07, 6.45) is 0.725. The van der Waals surface area contributed by atoms with E-state index >= 15 is 0 Å². The van der Waals surface area contributed by atoms with Crippen LogP contribution in [-0.2, 0) is 4.79 Å². The minimum absolute atomic E-state index is 0.00222. The molecule has 14 heavy (non-hydrogen) atoms. The van der Waals surface area contributed by atoms with Gasteiger partial charge in [0.15, 0.2) is 0 Å².